The van der Waals surface area contributed by atoms with E-state index in [2.05, 4.69) is 4.72 Å². The largest absolute Gasteiger partial charge is 0.394 e. The van der Waals surface area contributed by atoms with E-state index < -0.39 is 44.5 Å². The summed E-state index contributed by atoms with van der Waals surface area (Å²) in [5.74, 6) is -5.12. The Morgan fingerprint density at radius 1 is 1.26 bits per heavy atom. The molecule has 0 amide bonds. The minimum Gasteiger partial charge on any atom is -0.394 e. The number of halogens is 3. The summed E-state index contributed by atoms with van der Waals surface area (Å²) in [6.45, 7) is 2.50. The van der Waals surface area contributed by atoms with E-state index in [0.29, 0.717) is 12.1 Å². The lowest BCUT2D eigenvalue weighted by Crippen LogP contribution is -2.48. The number of sulfonamides is 1. The van der Waals surface area contributed by atoms with Gasteiger partial charge in [-0.05, 0) is 25.5 Å². The van der Waals surface area contributed by atoms with Crippen molar-refractivity contribution in [3.63, 3.8) is 0 Å². The topological polar surface area (TPSA) is 66.4 Å². The van der Waals surface area contributed by atoms with Gasteiger partial charge >= 0.3 is 0 Å². The fourth-order valence-corrected chi connectivity index (χ4v) is 2.85. The van der Waals surface area contributed by atoms with Gasteiger partial charge in [0.05, 0.1) is 12.1 Å². The summed E-state index contributed by atoms with van der Waals surface area (Å²) >= 11 is 0. The van der Waals surface area contributed by atoms with E-state index >= 15 is 0 Å². The Labute approximate surface area is 109 Å². The molecule has 0 aliphatic carbocycles. The van der Waals surface area contributed by atoms with Crippen molar-refractivity contribution in [1.29, 1.82) is 0 Å². The summed E-state index contributed by atoms with van der Waals surface area (Å²) in [6, 6.07) is 1.15. The van der Waals surface area contributed by atoms with Crippen LogP contribution < -0.4 is 4.72 Å². The molecule has 108 valence electrons. The molecule has 0 spiro atoms. The Balaban J connectivity index is 3.26. The lowest BCUT2D eigenvalue weighted by atomic mass is 10.0. The highest BCUT2D eigenvalue weighted by Gasteiger charge is 2.31. The van der Waals surface area contributed by atoms with Crippen LogP contribution in [-0.4, -0.2) is 25.7 Å². The molecular weight excluding hydrogens is 283 g/mol. The normalized spacial score (nSPS) is 15.3. The van der Waals surface area contributed by atoms with Gasteiger partial charge < -0.3 is 5.11 Å². The Morgan fingerprint density at radius 2 is 1.84 bits per heavy atom. The van der Waals surface area contributed by atoms with Crippen LogP contribution in [0.2, 0.25) is 0 Å². The Kier molecular flexibility index (Phi) is 4.59. The summed E-state index contributed by atoms with van der Waals surface area (Å²) in [5.41, 5.74) is -1.21. The fraction of sp³-hybridized carbons (Fsp3) is 0.455. The summed E-state index contributed by atoms with van der Waals surface area (Å²) in [5, 5.41) is 9.11. The number of benzene rings is 1. The van der Waals surface area contributed by atoms with E-state index in [9.17, 15) is 21.6 Å². The summed E-state index contributed by atoms with van der Waals surface area (Å²) in [6.07, 6.45) is 0.230. The third kappa shape index (κ3) is 3.26. The number of hydrogen-bond donors (Lipinski definition) is 2. The predicted molar refractivity (Wildman–Crippen MR) is 62.4 cm³/mol. The highest BCUT2D eigenvalue weighted by Crippen LogP contribution is 2.21. The second-order valence-electron chi connectivity index (χ2n) is 4.35. The molecule has 0 aromatic heterocycles. The molecule has 4 nitrogen and oxygen atoms in total. The van der Waals surface area contributed by atoms with Crippen molar-refractivity contribution in [1.82, 2.24) is 4.72 Å². The van der Waals surface area contributed by atoms with Gasteiger partial charge in [0, 0.05) is 0 Å². The molecule has 1 unspecified atom stereocenters. The Morgan fingerprint density at radius 3 is 2.32 bits per heavy atom. The van der Waals surface area contributed by atoms with E-state index in [1.165, 1.54) is 6.92 Å². The average Bonchev–Trinajstić information content (AvgIpc) is 2.35. The molecule has 1 aromatic rings. The van der Waals surface area contributed by atoms with Crippen LogP contribution in [0.4, 0.5) is 13.2 Å². The smallest absolute Gasteiger partial charge is 0.244 e. The number of aliphatic hydroxyl groups excluding tert-OH is 1. The number of aliphatic hydroxyl groups is 1. The molecule has 1 aromatic carbocycles. The summed E-state index contributed by atoms with van der Waals surface area (Å²) in [4.78, 5) is -1.00. The van der Waals surface area contributed by atoms with Crippen LogP contribution in [0.5, 0.6) is 0 Å². The summed E-state index contributed by atoms with van der Waals surface area (Å²) in [7, 11) is -4.40. The van der Waals surface area contributed by atoms with Crippen molar-refractivity contribution in [3.05, 3.63) is 29.6 Å². The van der Waals surface area contributed by atoms with Gasteiger partial charge in [0.25, 0.3) is 0 Å². The third-order valence-corrected chi connectivity index (χ3v) is 4.46. The minimum atomic E-state index is -4.40. The minimum absolute atomic E-state index is 0.230. The predicted octanol–water partition coefficient (Wildman–Crippen LogP) is 1.54. The van der Waals surface area contributed by atoms with Gasteiger partial charge in [0.1, 0.15) is 4.90 Å². The standard InChI is InChI=1S/C11H14F3NO3S/c1-3-11(2,6-16)15-19(17,18)8-5-4-7(12)9(13)10(8)14/h4-5,15-16H,3,6H2,1-2H3. The molecule has 8 heteroatoms. The van der Waals surface area contributed by atoms with Gasteiger partial charge in [-0.2, -0.15) is 0 Å². The van der Waals surface area contributed by atoms with Crippen molar-refractivity contribution in [2.45, 2.75) is 30.7 Å². The number of hydrogen-bond acceptors (Lipinski definition) is 3. The first-order chi connectivity index (χ1) is 8.67. The second-order valence-corrected chi connectivity index (χ2v) is 6.00. The lowest BCUT2D eigenvalue weighted by molar-refractivity contribution is 0.191. The van der Waals surface area contributed by atoms with Gasteiger partial charge in [-0.15, -0.1) is 0 Å². The molecule has 0 saturated carbocycles. The third-order valence-electron chi connectivity index (χ3n) is 2.80. The van der Waals surface area contributed by atoms with Crippen LogP contribution in [0.3, 0.4) is 0 Å². The summed E-state index contributed by atoms with van der Waals surface area (Å²) < 4.78 is 65.1. The molecule has 1 atom stereocenters. The van der Waals surface area contributed by atoms with E-state index in [-0.39, 0.29) is 6.42 Å². The van der Waals surface area contributed by atoms with Gasteiger partial charge in [0.15, 0.2) is 17.5 Å². The van der Waals surface area contributed by atoms with Crippen LogP contribution in [0, 0.1) is 17.5 Å². The van der Waals surface area contributed by atoms with Crippen molar-refractivity contribution >= 4 is 10.0 Å². The molecule has 0 saturated heterocycles. The van der Waals surface area contributed by atoms with Crippen molar-refractivity contribution in [2.24, 2.45) is 0 Å². The first-order valence-corrected chi connectivity index (χ1v) is 6.93. The molecular formula is C11H14F3NO3S. The molecule has 0 heterocycles. The van der Waals surface area contributed by atoms with Crippen LogP contribution in [0.25, 0.3) is 0 Å². The SMILES string of the molecule is CCC(C)(CO)NS(=O)(=O)c1ccc(F)c(F)c1F. The molecule has 0 bridgehead atoms. The van der Waals surface area contributed by atoms with Crippen LogP contribution in [0.15, 0.2) is 17.0 Å². The molecule has 1 rings (SSSR count). The second kappa shape index (κ2) is 5.48. The van der Waals surface area contributed by atoms with Crippen LogP contribution >= 0.6 is 0 Å². The highest BCUT2D eigenvalue weighted by molar-refractivity contribution is 7.89. The molecule has 0 fully saturated rings. The maximum atomic E-state index is 13.4. The zero-order valence-electron chi connectivity index (χ0n) is 10.4. The van der Waals surface area contributed by atoms with Crippen LogP contribution in [-0.2, 0) is 10.0 Å². The van der Waals surface area contributed by atoms with Crippen molar-refractivity contribution < 1.29 is 26.7 Å². The van der Waals surface area contributed by atoms with Gasteiger partial charge in [-0.1, -0.05) is 6.92 Å². The Hall–Kier alpha value is -1.12. The number of rotatable bonds is 5. The first kappa shape index (κ1) is 15.9. The maximum absolute atomic E-state index is 13.4. The van der Waals surface area contributed by atoms with Gasteiger partial charge in [-0.25, -0.2) is 26.3 Å². The molecule has 0 aliphatic heterocycles. The highest BCUT2D eigenvalue weighted by atomic mass is 32.2. The zero-order valence-corrected chi connectivity index (χ0v) is 11.2. The van der Waals surface area contributed by atoms with E-state index in [1.54, 1.807) is 6.92 Å². The van der Waals surface area contributed by atoms with Gasteiger partial charge in [0.2, 0.25) is 10.0 Å². The fourth-order valence-electron chi connectivity index (χ4n) is 1.31. The molecule has 0 radical (unpaired) electrons. The average molecular weight is 297 g/mol. The van der Waals surface area contributed by atoms with Crippen molar-refractivity contribution in [2.75, 3.05) is 6.61 Å². The first-order valence-electron chi connectivity index (χ1n) is 5.45. The van der Waals surface area contributed by atoms with Crippen LogP contribution in [0.1, 0.15) is 20.3 Å². The Bertz CT molecular complexity index is 571. The molecule has 2 N–H and O–H groups in total. The zero-order chi connectivity index (χ0) is 14.8. The molecule has 0 aliphatic rings. The lowest BCUT2D eigenvalue weighted by Gasteiger charge is -2.26. The van der Waals surface area contributed by atoms with Gasteiger partial charge in [-0.3, -0.25) is 0 Å². The van der Waals surface area contributed by atoms with E-state index in [4.69, 9.17) is 5.11 Å². The van der Waals surface area contributed by atoms with Crippen molar-refractivity contribution in [3.8, 4) is 0 Å². The quantitative estimate of drug-likeness (QED) is 0.810. The number of nitrogens with one attached hydrogen (secondary N) is 1. The maximum Gasteiger partial charge on any atom is 0.244 e. The molecule has 19 heavy (non-hydrogen) atoms. The monoisotopic (exact) mass is 297 g/mol. The van der Waals surface area contributed by atoms with E-state index in [0.717, 1.165) is 0 Å². The van der Waals surface area contributed by atoms with E-state index in [1.807, 2.05) is 0 Å².